The van der Waals surface area contributed by atoms with Crippen molar-refractivity contribution < 1.29 is 3.89 Å². The summed E-state index contributed by atoms with van der Waals surface area (Å²) in [6, 6.07) is 3.79. The number of hydrogen-bond acceptors (Lipinski definition) is 1. The second-order valence-corrected chi connectivity index (χ2v) is 10.4. The van der Waals surface area contributed by atoms with Gasteiger partial charge in [0.2, 0.25) is 0 Å². The van der Waals surface area contributed by atoms with E-state index in [4.69, 9.17) is 0 Å². The van der Waals surface area contributed by atoms with Gasteiger partial charge in [0.15, 0.2) is 0 Å². The highest BCUT2D eigenvalue weighted by Gasteiger charge is 2.45. The van der Waals surface area contributed by atoms with Crippen LogP contribution in [0.2, 0.25) is 0 Å². The quantitative estimate of drug-likeness (QED) is 0.611. The van der Waals surface area contributed by atoms with Crippen LogP contribution >= 0.6 is 10.4 Å². The minimum atomic E-state index is -2.57. The van der Waals surface area contributed by atoms with Crippen molar-refractivity contribution in [2.45, 2.75) is 58.0 Å². The zero-order chi connectivity index (χ0) is 14.9. The topological polar surface area (TPSA) is 12.9 Å². The molecule has 0 aliphatic heterocycles. The van der Waals surface area contributed by atoms with Crippen LogP contribution in [0.4, 0.5) is 3.89 Å². The Bertz CT molecular complexity index is 481. The van der Waals surface area contributed by atoms with Gasteiger partial charge in [-0.15, -0.1) is 0 Å². The molecule has 0 fully saturated rings. The van der Waals surface area contributed by atoms with Crippen molar-refractivity contribution in [3.05, 3.63) is 29.6 Å². The van der Waals surface area contributed by atoms with Crippen LogP contribution in [0.3, 0.4) is 0 Å². The molecule has 1 nitrogen and oxygen atoms in total. The summed E-state index contributed by atoms with van der Waals surface area (Å²) in [6.45, 7) is 13.5. The van der Waals surface area contributed by atoms with Crippen LogP contribution in [0.15, 0.2) is 18.3 Å². The van der Waals surface area contributed by atoms with Gasteiger partial charge in [-0.25, -0.2) is 0 Å². The first-order valence-corrected chi connectivity index (χ1v) is 7.98. The summed E-state index contributed by atoms with van der Waals surface area (Å²) in [5, 5.41) is 2.94. The maximum absolute atomic E-state index is 15.5. The summed E-state index contributed by atoms with van der Waals surface area (Å²) in [4.78, 5) is 4.19. The first-order valence-electron chi connectivity index (χ1n) is 6.45. The molecule has 1 aromatic rings. The minimum absolute atomic E-state index is 0.462. The first kappa shape index (κ1) is 16.0. The van der Waals surface area contributed by atoms with Crippen LogP contribution in [-0.4, -0.2) is 14.5 Å². The van der Waals surface area contributed by atoms with E-state index in [9.17, 15) is 0 Å². The Morgan fingerprint density at radius 2 is 1.58 bits per heavy atom. The lowest BCUT2D eigenvalue weighted by molar-refractivity contribution is 0.655. The number of rotatable bonds is 0. The number of hydrogen-bond donors (Lipinski definition) is 0. The first-order chi connectivity index (χ1) is 8.47. The largest absolute Gasteiger partial charge is 0.260 e. The Labute approximate surface area is 118 Å². The Morgan fingerprint density at radius 1 is 1.05 bits per heavy atom. The van der Waals surface area contributed by atoms with Crippen LogP contribution in [0.25, 0.3) is 0 Å². The molecule has 0 unspecified atom stereocenters. The van der Waals surface area contributed by atoms with Crippen LogP contribution in [0.1, 0.15) is 52.8 Å². The molecule has 1 heterocycles. The summed E-state index contributed by atoms with van der Waals surface area (Å²) >= 11 is 0. The van der Waals surface area contributed by atoms with E-state index >= 15 is 3.89 Å². The Kier molecular flexibility index (Phi) is 4.37. The Balaban J connectivity index is 3.22. The van der Waals surface area contributed by atoms with Crippen molar-refractivity contribution in [2.75, 3.05) is 0 Å². The molecule has 0 N–H and O–H groups in total. The molecule has 0 saturated heterocycles. The molecule has 106 valence electrons. The number of nitrogens with zero attached hydrogens (tertiary/aromatic N) is 1. The van der Waals surface area contributed by atoms with E-state index in [0.29, 0.717) is 0 Å². The summed E-state index contributed by atoms with van der Waals surface area (Å²) < 4.78 is 14.5. The standard InChI is InChI=1S/C16H24FNS/c1-13-8-9-14(12-18-13)10-11-19(17,15(2,3)4)16(5,6)7/h8-9,12H,1-7H3. The lowest BCUT2D eigenvalue weighted by Gasteiger charge is -2.47. The van der Waals surface area contributed by atoms with Gasteiger partial charge in [-0.2, -0.15) is 3.89 Å². The number of pyridine rings is 1. The van der Waals surface area contributed by atoms with E-state index in [1.54, 1.807) is 6.20 Å². The molecule has 0 aromatic carbocycles. The molecule has 0 spiro atoms. The van der Waals surface area contributed by atoms with Crippen LogP contribution in [0, 0.1) is 18.1 Å². The van der Waals surface area contributed by atoms with Gasteiger partial charge in [0.05, 0.1) is 0 Å². The molecule has 0 aliphatic carbocycles. The monoisotopic (exact) mass is 281 g/mol. The summed E-state index contributed by atoms with van der Waals surface area (Å²) in [6.07, 6.45) is 1.70. The number of aromatic nitrogens is 1. The van der Waals surface area contributed by atoms with Gasteiger partial charge in [-0.05, 0) is 76.3 Å². The molecule has 0 aliphatic rings. The Hall–Kier alpha value is -1.01. The maximum Gasteiger partial charge on any atom is 0.0438 e. The van der Waals surface area contributed by atoms with Crippen molar-refractivity contribution in [3.63, 3.8) is 0 Å². The van der Waals surface area contributed by atoms with Gasteiger partial charge in [0, 0.05) is 26.9 Å². The van der Waals surface area contributed by atoms with Gasteiger partial charge in [-0.3, -0.25) is 4.98 Å². The molecule has 1 aromatic heterocycles. The second-order valence-electron chi connectivity index (χ2n) is 6.68. The fourth-order valence-corrected chi connectivity index (χ4v) is 4.60. The average Bonchev–Trinajstić information content (AvgIpc) is 2.24. The van der Waals surface area contributed by atoms with Crippen molar-refractivity contribution in [2.24, 2.45) is 0 Å². The lowest BCUT2D eigenvalue weighted by Crippen LogP contribution is -2.34. The van der Waals surface area contributed by atoms with E-state index < -0.39 is 19.9 Å². The van der Waals surface area contributed by atoms with E-state index in [1.165, 1.54) is 0 Å². The average molecular weight is 281 g/mol. The van der Waals surface area contributed by atoms with Gasteiger partial charge < -0.3 is 0 Å². The van der Waals surface area contributed by atoms with E-state index in [0.717, 1.165) is 11.3 Å². The van der Waals surface area contributed by atoms with E-state index in [-0.39, 0.29) is 0 Å². The zero-order valence-corrected chi connectivity index (χ0v) is 13.8. The van der Waals surface area contributed by atoms with Crippen molar-refractivity contribution in [1.29, 1.82) is 0 Å². The molecule has 3 heteroatoms. The molecule has 0 radical (unpaired) electrons. The summed E-state index contributed by atoms with van der Waals surface area (Å²) in [7, 11) is -2.57. The number of aryl methyl sites for hydroxylation is 1. The molecule has 19 heavy (non-hydrogen) atoms. The third-order valence-corrected chi connectivity index (χ3v) is 6.69. The van der Waals surface area contributed by atoms with Gasteiger partial charge in [-0.1, -0.05) is 5.92 Å². The van der Waals surface area contributed by atoms with E-state index in [1.807, 2.05) is 60.6 Å². The van der Waals surface area contributed by atoms with Gasteiger partial charge in [0.25, 0.3) is 0 Å². The molecule has 0 amide bonds. The number of halogens is 1. The molecule has 0 bridgehead atoms. The molecule has 0 saturated carbocycles. The fourth-order valence-electron chi connectivity index (χ4n) is 1.90. The van der Waals surface area contributed by atoms with Crippen molar-refractivity contribution in [1.82, 2.24) is 4.98 Å². The molecular formula is C16H24FNS. The van der Waals surface area contributed by atoms with Crippen molar-refractivity contribution >= 4 is 10.4 Å². The summed E-state index contributed by atoms with van der Waals surface area (Å²) in [5.41, 5.74) is 1.71. The van der Waals surface area contributed by atoms with Crippen LogP contribution in [0.5, 0.6) is 0 Å². The van der Waals surface area contributed by atoms with Crippen LogP contribution < -0.4 is 0 Å². The fraction of sp³-hybridized carbons (Fsp3) is 0.562. The minimum Gasteiger partial charge on any atom is -0.260 e. The highest BCUT2D eigenvalue weighted by atomic mass is 32.3. The summed E-state index contributed by atoms with van der Waals surface area (Å²) in [5.74, 6) is 2.98. The Morgan fingerprint density at radius 3 is 1.95 bits per heavy atom. The third-order valence-electron chi connectivity index (χ3n) is 2.94. The lowest BCUT2D eigenvalue weighted by atomic mass is 10.2. The molecular weight excluding hydrogens is 257 g/mol. The van der Waals surface area contributed by atoms with Crippen LogP contribution in [-0.2, 0) is 0 Å². The third kappa shape index (κ3) is 3.51. The maximum atomic E-state index is 15.5. The normalized spacial score (nSPS) is 13.7. The predicted octanol–water partition coefficient (Wildman–Crippen LogP) is 4.99. The van der Waals surface area contributed by atoms with Crippen molar-refractivity contribution in [3.8, 4) is 11.2 Å². The highest BCUT2D eigenvalue weighted by molar-refractivity contribution is 8.35. The van der Waals surface area contributed by atoms with Gasteiger partial charge in [0.1, 0.15) is 0 Å². The smallest absolute Gasteiger partial charge is 0.0438 e. The SMILES string of the molecule is Cc1ccc(C#CS(F)(C(C)(C)C)C(C)(C)C)cn1. The zero-order valence-electron chi connectivity index (χ0n) is 13.0. The van der Waals surface area contributed by atoms with E-state index in [2.05, 4.69) is 16.2 Å². The van der Waals surface area contributed by atoms with Gasteiger partial charge >= 0.3 is 0 Å². The molecule has 0 atom stereocenters. The molecule has 1 rings (SSSR count). The second kappa shape index (κ2) is 5.17. The predicted molar refractivity (Wildman–Crippen MR) is 84.1 cm³/mol. The highest BCUT2D eigenvalue weighted by Crippen LogP contribution is 2.68.